The Morgan fingerprint density at radius 3 is 2.08 bits per heavy atom. The molecule has 192 valence electrons. The fourth-order valence-electron chi connectivity index (χ4n) is 3.98. The lowest BCUT2D eigenvalue weighted by Crippen LogP contribution is -2.11. The van der Waals surface area contributed by atoms with Crippen LogP contribution >= 0.6 is 0 Å². The van der Waals surface area contributed by atoms with Gasteiger partial charge in [-0.05, 0) is 42.8 Å². The van der Waals surface area contributed by atoms with Crippen molar-refractivity contribution in [2.24, 2.45) is 0 Å². The Morgan fingerprint density at radius 1 is 0.838 bits per heavy atom. The van der Waals surface area contributed by atoms with Crippen LogP contribution in [-0.2, 0) is 6.61 Å². The number of aryl methyl sites for hydroxylation is 1. The summed E-state index contributed by atoms with van der Waals surface area (Å²) in [4.78, 5) is 17.9. The molecule has 0 saturated carbocycles. The van der Waals surface area contributed by atoms with Gasteiger partial charge < -0.3 is 28.9 Å². The number of imidazole rings is 1. The molecule has 37 heavy (non-hydrogen) atoms. The quantitative estimate of drug-likeness (QED) is 0.239. The minimum atomic E-state index is -0.466. The van der Waals surface area contributed by atoms with E-state index < -0.39 is 5.78 Å². The van der Waals surface area contributed by atoms with Gasteiger partial charge in [0.25, 0.3) is 0 Å². The fourth-order valence-corrected chi connectivity index (χ4v) is 3.98. The molecule has 0 fully saturated rings. The van der Waals surface area contributed by atoms with Gasteiger partial charge >= 0.3 is 0 Å². The van der Waals surface area contributed by atoms with Gasteiger partial charge in [0.05, 0.1) is 34.1 Å². The second-order valence-corrected chi connectivity index (χ2v) is 8.06. The zero-order valence-corrected chi connectivity index (χ0v) is 21.3. The molecule has 0 aliphatic carbocycles. The van der Waals surface area contributed by atoms with Gasteiger partial charge in [-0.15, -0.1) is 0 Å². The Morgan fingerprint density at radius 2 is 1.49 bits per heavy atom. The normalized spacial score (nSPS) is 10.6. The van der Waals surface area contributed by atoms with Crippen molar-refractivity contribution < 1.29 is 33.7 Å². The van der Waals surface area contributed by atoms with Crippen LogP contribution in [0.3, 0.4) is 0 Å². The molecular formula is C28H28N2O7. The molecule has 0 aliphatic rings. The number of carbonyl (C=O) groups is 1. The Balaban J connectivity index is 1.70. The number of nitrogens with zero attached hydrogens (tertiary/aromatic N) is 2. The van der Waals surface area contributed by atoms with Crippen LogP contribution in [0.2, 0.25) is 0 Å². The molecule has 0 radical (unpaired) electrons. The van der Waals surface area contributed by atoms with Gasteiger partial charge in [0.2, 0.25) is 11.5 Å². The molecule has 0 unspecified atom stereocenters. The average molecular weight is 505 g/mol. The molecule has 0 saturated heterocycles. The lowest BCUT2D eigenvalue weighted by molar-refractivity contribution is 0.0985. The molecule has 0 amide bonds. The van der Waals surface area contributed by atoms with Crippen molar-refractivity contribution in [2.45, 2.75) is 13.5 Å². The highest BCUT2D eigenvalue weighted by Crippen LogP contribution is 2.39. The average Bonchev–Trinajstić information content (AvgIpc) is 3.24. The number of aromatic nitrogens is 2. The van der Waals surface area contributed by atoms with Crippen LogP contribution in [0.1, 0.15) is 27.3 Å². The number of hydrogen-bond acceptors (Lipinski definition) is 8. The maximum absolute atomic E-state index is 13.5. The molecular weight excluding hydrogens is 476 g/mol. The Kier molecular flexibility index (Phi) is 7.52. The first-order valence-electron chi connectivity index (χ1n) is 11.4. The summed E-state index contributed by atoms with van der Waals surface area (Å²) in [5.74, 6) is 1.72. The zero-order chi connectivity index (χ0) is 26.5. The van der Waals surface area contributed by atoms with E-state index in [0.29, 0.717) is 46.6 Å². The van der Waals surface area contributed by atoms with Crippen LogP contribution in [0, 0.1) is 6.92 Å². The summed E-state index contributed by atoms with van der Waals surface area (Å²) in [6.45, 7) is 1.98. The minimum Gasteiger partial charge on any atom is -0.493 e. The van der Waals surface area contributed by atoms with E-state index in [1.54, 1.807) is 32.2 Å². The van der Waals surface area contributed by atoms with E-state index in [0.717, 1.165) is 10.3 Å². The van der Waals surface area contributed by atoms with Crippen molar-refractivity contribution in [3.63, 3.8) is 0 Å². The molecule has 0 aliphatic heterocycles. The molecule has 4 rings (SSSR count). The Hall–Kier alpha value is -4.66. The molecule has 3 aromatic carbocycles. The number of carbonyl (C=O) groups excluding carboxylic acids is 1. The molecule has 1 heterocycles. The van der Waals surface area contributed by atoms with E-state index in [1.165, 1.54) is 33.5 Å². The topological polar surface area (TPSA) is 101 Å². The van der Waals surface area contributed by atoms with Crippen LogP contribution in [0.4, 0.5) is 0 Å². The summed E-state index contributed by atoms with van der Waals surface area (Å²) in [5.41, 5.74) is 2.12. The third-order valence-corrected chi connectivity index (χ3v) is 5.83. The van der Waals surface area contributed by atoms with E-state index in [4.69, 9.17) is 23.7 Å². The Labute approximate surface area is 214 Å². The molecule has 1 aromatic heterocycles. The molecule has 1 N–H and O–H groups in total. The number of benzene rings is 3. The van der Waals surface area contributed by atoms with Gasteiger partial charge in [-0.3, -0.25) is 4.79 Å². The number of hydrogen-bond donors (Lipinski definition) is 1. The van der Waals surface area contributed by atoms with E-state index in [2.05, 4.69) is 4.98 Å². The van der Waals surface area contributed by atoms with Crippen molar-refractivity contribution in [1.29, 1.82) is 0 Å². The first-order valence-corrected chi connectivity index (χ1v) is 11.4. The second kappa shape index (κ2) is 10.9. The highest BCUT2D eigenvalue weighted by molar-refractivity contribution is 6.09. The largest absolute Gasteiger partial charge is 0.493 e. The smallest absolute Gasteiger partial charge is 0.215 e. The van der Waals surface area contributed by atoms with Crippen LogP contribution in [0.15, 0.2) is 60.7 Å². The highest BCUT2D eigenvalue weighted by atomic mass is 16.5. The highest BCUT2D eigenvalue weighted by Gasteiger charge is 2.26. The third kappa shape index (κ3) is 5.02. The van der Waals surface area contributed by atoms with Crippen molar-refractivity contribution in [3.8, 4) is 40.1 Å². The monoisotopic (exact) mass is 504 g/mol. The van der Waals surface area contributed by atoms with Gasteiger partial charge in [0.1, 0.15) is 6.61 Å². The molecule has 4 aromatic rings. The number of methoxy groups -OCH3 is 4. The van der Waals surface area contributed by atoms with E-state index in [9.17, 15) is 10.0 Å². The molecule has 9 nitrogen and oxygen atoms in total. The first kappa shape index (κ1) is 25.4. The van der Waals surface area contributed by atoms with Crippen molar-refractivity contribution in [1.82, 2.24) is 9.71 Å². The lowest BCUT2D eigenvalue weighted by atomic mass is 10.1. The minimum absolute atomic E-state index is 0.00634. The molecule has 0 atom stereocenters. The van der Waals surface area contributed by atoms with E-state index in [1.807, 2.05) is 30.3 Å². The molecule has 9 heteroatoms. The molecule has 0 spiro atoms. The number of ketones is 1. The van der Waals surface area contributed by atoms with E-state index >= 15 is 0 Å². The van der Waals surface area contributed by atoms with Crippen molar-refractivity contribution in [2.75, 3.05) is 28.4 Å². The molecule has 0 bridgehead atoms. The predicted octanol–water partition coefficient (Wildman–Crippen LogP) is 4.94. The summed E-state index contributed by atoms with van der Waals surface area (Å²) in [6, 6.07) is 17.9. The van der Waals surface area contributed by atoms with Gasteiger partial charge in [-0.1, -0.05) is 30.3 Å². The maximum atomic E-state index is 13.5. The van der Waals surface area contributed by atoms with Gasteiger partial charge in [-0.25, -0.2) is 4.98 Å². The number of ether oxygens (including phenoxy) is 5. The lowest BCUT2D eigenvalue weighted by Gasteiger charge is -2.14. The van der Waals surface area contributed by atoms with Gasteiger partial charge in [0, 0.05) is 11.1 Å². The van der Waals surface area contributed by atoms with Crippen LogP contribution in [-0.4, -0.2) is 49.1 Å². The summed E-state index contributed by atoms with van der Waals surface area (Å²) < 4.78 is 28.3. The first-order chi connectivity index (χ1) is 17.9. The fraction of sp³-hybridized carbons (Fsp3) is 0.214. The predicted molar refractivity (Wildman–Crippen MR) is 136 cm³/mol. The van der Waals surface area contributed by atoms with Crippen LogP contribution in [0.25, 0.3) is 11.4 Å². The maximum Gasteiger partial charge on any atom is 0.215 e. The summed E-state index contributed by atoms with van der Waals surface area (Å²) in [6.07, 6.45) is 0. The third-order valence-electron chi connectivity index (χ3n) is 5.83. The second-order valence-electron chi connectivity index (χ2n) is 8.06. The number of rotatable bonds is 10. The van der Waals surface area contributed by atoms with Gasteiger partial charge in [0.15, 0.2) is 34.5 Å². The summed E-state index contributed by atoms with van der Waals surface area (Å²) >= 11 is 0. The summed E-state index contributed by atoms with van der Waals surface area (Å²) in [5, 5.41) is 11.0. The van der Waals surface area contributed by atoms with Crippen LogP contribution in [0.5, 0.6) is 28.7 Å². The van der Waals surface area contributed by atoms with Crippen molar-refractivity contribution >= 4 is 5.78 Å². The van der Waals surface area contributed by atoms with Crippen LogP contribution < -0.4 is 23.7 Å². The van der Waals surface area contributed by atoms with Crippen molar-refractivity contribution in [3.05, 3.63) is 83.2 Å². The summed E-state index contributed by atoms with van der Waals surface area (Å²) in [7, 11) is 5.96. The zero-order valence-electron chi connectivity index (χ0n) is 21.3. The standard InChI is InChI=1S/C28H28N2O7/c1-17-25(26(31)20-14-23(34-3)27(36-5)24(15-20)35-4)30(32)28(29-17)19-11-12-21(33-2)22(13-19)37-16-18-9-7-6-8-10-18/h6-15,32H,16H2,1-5H3. The van der Waals surface area contributed by atoms with E-state index in [-0.39, 0.29) is 17.1 Å². The van der Waals surface area contributed by atoms with Gasteiger partial charge in [-0.2, -0.15) is 4.73 Å². The Bertz CT molecular complexity index is 1390. The SMILES string of the molecule is COc1ccc(-c2nc(C)c(C(=O)c3cc(OC)c(OC)c(OC)c3)n2O)cc1OCc1ccccc1.